The summed E-state index contributed by atoms with van der Waals surface area (Å²) in [5.74, 6) is 0.913. The lowest BCUT2D eigenvalue weighted by Crippen LogP contribution is -1.98. The van der Waals surface area contributed by atoms with Crippen molar-refractivity contribution in [3.63, 3.8) is 0 Å². The Labute approximate surface area is 102 Å². The van der Waals surface area contributed by atoms with Crippen LogP contribution in [-0.2, 0) is 6.61 Å². The van der Waals surface area contributed by atoms with Crippen LogP contribution in [0.15, 0.2) is 36.4 Å². The second kappa shape index (κ2) is 4.38. The molecule has 3 rings (SSSR count). The molecule has 0 radical (unpaired) electrons. The highest BCUT2D eigenvalue weighted by Crippen LogP contribution is 2.23. The van der Waals surface area contributed by atoms with Gasteiger partial charge >= 0.3 is 0 Å². The second-order valence-electron chi connectivity index (χ2n) is 3.57. The Morgan fingerprint density at radius 1 is 1.17 bits per heavy atom. The topological polar surface area (TPSA) is 85.4 Å². The molecule has 2 heterocycles. The van der Waals surface area contributed by atoms with E-state index >= 15 is 0 Å². The van der Waals surface area contributed by atoms with Crippen molar-refractivity contribution in [2.75, 3.05) is 0 Å². The Bertz CT molecular complexity index is 682. The van der Waals surface area contributed by atoms with Crippen molar-refractivity contribution in [1.29, 1.82) is 0 Å². The number of aliphatic hydroxyl groups excluding tert-OH is 1. The Morgan fingerprint density at radius 2 is 2.06 bits per heavy atom. The summed E-state index contributed by atoms with van der Waals surface area (Å²) in [5.41, 5.74) is 1.23. The zero-order valence-corrected chi connectivity index (χ0v) is 9.26. The van der Waals surface area contributed by atoms with Gasteiger partial charge in [-0.3, -0.25) is 0 Å². The van der Waals surface area contributed by atoms with Gasteiger partial charge in [0.05, 0.1) is 6.61 Å². The fourth-order valence-corrected chi connectivity index (χ4v) is 1.53. The molecule has 0 bridgehead atoms. The molecule has 0 atom stereocenters. The monoisotopic (exact) mass is 243 g/mol. The first kappa shape index (κ1) is 10.6. The summed E-state index contributed by atoms with van der Waals surface area (Å²) >= 11 is 0. The van der Waals surface area contributed by atoms with Gasteiger partial charge in [0, 0.05) is 11.6 Å². The van der Waals surface area contributed by atoms with Gasteiger partial charge in [-0.15, -0.1) is 14.8 Å². The van der Waals surface area contributed by atoms with E-state index in [1.807, 2.05) is 12.1 Å². The molecule has 3 aromatic rings. The number of para-hydroxylation sites is 1. The van der Waals surface area contributed by atoms with Gasteiger partial charge in [-0.25, -0.2) is 0 Å². The first-order chi connectivity index (χ1) is 8.86. The first-order valence-corrected chi connectivity index (χ1v) is 5.29. The van der Waals surface area contributed by atoms with Gasteiger partial charge in [-0.05, 0) is 22.6 Å². The Hall–Kier alpha value is -2.54. The maximum absolute atomic E-state index is 9.20. The SMILES string of the molecule is OCc1ccccc1Oc1ccc2nnnn2n1. The molecule has 0 spiro atoms. The molecule has 0 aliphatic heterocycles. The van der Waals surface area contributed by atoms with Crippen LogP contribution in [0, 0.1) is 0 Å². The zero-order valence-electron chi connectivity index (χ0n) is 9.26. The highest BCUT2D eigenvalue weighted by molar-refractivity contribution is 5.38. The maximum atomic E-state index is 9.20. The standard InChI is InChI=1S/C11H9N5O2/c17-7-8-3-1-2-4-9(8)18-11-6-5-10-12-14-15-16(10)13-11/h1-6,17H,7H2. The van der Waals surface area contributed by atoms with Gasteiger partial charge in [0.25, 0.3) is 0 Å². The lowest BCUT2D eigenvalue weighted by molar-refractivity contribution is 0.276. The fourth-order valence-electron chi connectivity index (χ4n) is 1.53. The average molecular weight is 243 g/mol. The van der Waals surface area contributed by atoms with Crippen LogP contribution in [-0.4, -0.2) is 30.4 Å². The minimum atomic E-state index is -0.0939. The van der Waals surface area contributed by atoms with Crippen molar-refractivity contribution in [3.05, 3.63) is 42.0 Å². The second-order valence-corrected chi connectivity index (χ2v) is 3.57. The van der Waals surface area contributed by atoms with Crippen molar-refractivity contribution in [1.82, 2.24) is 25.3 Å². The third-order valence-electron chi connectivity index (χ3n) is 2.40. The average Bonchev–Trinajstić information content (AvgIpc) is 2.87. The maximum Gasteiger partial charge on any atom is 0.239 e. The summed E-state index contributed by atoms with van der Waals surface area (Å²) in [6, 6.07) is 10.6. The number of nitrogens with zero attached hydrogens (tertiary/aromatic N) is 5. The van der Waals surface area contributed by atoms with E-state index in [1.54, 1.807) is 24.3 Å². The molecule has 0 fully saturated rings. The predicted octanol–water partition coefficient (Wildman–Crippen LogP) is 0.804. The van der Waals surface area contributed by atoms with E-state index in [9.17, 15) is 5.11 Å². The lowest BCUT2D eigenvalue weighted by atomic mass is 10.2. The minimum Gasteiger partial charge on any atom is -0.437 e. The summed E-state index contributed by atoms with van der Waals surface area (Å²) in [6.07, 6.45) is 0. The summed E-state index contributed by atoms with van der Waals surface area (Å²) in [6.45, 7) is -0.0939. The molecule has 0 unspecified atom stereocenters. The molecule has 90 valence electrons. The van der Waals surface area contributed by atoms with E-state index < -0.39 is 0 Å². The molecule has 0 amide bonds. The predicted molar refractivity (Wildman–Crippen MR) is 61.0 cm³/mol. The third kappa shape index (κ3) is 1.87. The highest BCUT2D eigenvalue weighted by atomic mass is 16.5. The van der Waals surface area contributed by atoms with Gasteiger partial charge in [0.2, 0.25) is 5.88 Å². The Morgan fingerprint density at radius 3 is 2.94 bits per heavy atom. The quantitative estimate of drug-likeness (QED) is 0.732. The summed E-state index contributed by atoms with van der Waals surface area (Å²) in [5, 5.41) is 24.2. The van der Waals surface area contributed by atoms with E-state index in [4.69, 9.17) is 4.74 Å². The largest absolute Gasteiger partial charge is 0.437 e. The zero-order chi connectivity index (χ0) is 12.4. The number of benzene rings is 1. The van der Waals surface area contributed by atoms with Gasteiger partial charge in [0.1, 0.15) is 5.75 Å². The first-order valence-electron chi connectivity index (χ1n) is 5.29. The molecule has 2 aromatic heterocycles. The van der Waals surface area contributed by atoms with Crippen LogP contribution in [0.3, 0.4) is 0 Å². The van der Waals surface area contributed by atoms with Gasteiger partial charge in [-0.1, -0.05) is 18.2 Å². The number of tetrazole rings is 1. The van der Waals surface area contributed by atoms with Crippen molar-refractivity contribution in [3.8, 4) is 11.6 Å². The number of ether oxygens (including phenoxy) is 1. The molecule has 7 nitrogen and oxygen atoms in total. The highest BCUT2D eigenvalue weighted by Gasteiger charge is 2.06. The Balaban J connectivity index is 1.95. The summed E-state index contributed by atoms with van der Waals surface area (Å²) < 4.78 is 6.87. The molecule has 18 heavy (non-hydrogen) atoms. The molecule has 0 saturated carbocycles. The van der Waals surface area contributed by atoms with Crippen LogP contribution >= 0.6 is 0 Å². The molecular formula is C11H9N5O2. The number of aliphatic hydroxyl groups is 1. The molecule has 0 aliphatic rings. The minimum absolute atomic E-state index is 0.0939. The van der Waals surface area contributed by atoms with Crippen molar-refractivity contribution < 1.29 is 9.84 Å². The summed E-state index contributed by atoms with van der Waals surface area (Å²) in [4.78, 5) is 0. The molecule has 1 aromatic carbocycles. The van der Waals surface area contributed by atoms with Crippen LogP contribution in [0.5, 0.6) is 11.6 Å². The number of hydrogen-bond donors (Lipinski definition) is 1. The molecule has 0 aliphatic carbocycles. The number of rotatable bonds is 3. The Kier molecular flexibility index (Phi) is 2.58. The molecule has 0 saturated heterocycles. The lowest BCUT2D eigenvalue weighted by Gasteiger charge is -2.07. The van der Waals surface area contributed by atoms with E-state index in [2.05, 4.69) is 20.6 Å². The smallest absolute Gasteiger partial charge is 0.239 e. The van der Waals surface area contributed by atoms with Crippen LogP contribution < -0.4 is 4.74 Å². The van der Waals surface area contributed by atoms with E-state index in [0.29, 0.717) is 22.8 Å². The van der Waals surface area contributed by atoms with Crippen molar-refractivity contribution in [2.24, 2.45) is 0 Å². The van der Waals surface area contributed by atoms with E-state index in [-0.39, 0.29) is 6.61 Å². The third-order valence-corrected chi connectivity index (χ3v) is 2.40. The van der Waals surface area contributed by atoms with Gasteiger partial charge < -0.3 is 9.84 Å². The van der Waals surface area contributed by atoms with Crippen LogP contribution in [0.25, 0.3) is 5.65 Å². The van der Waals surface area contributed by atoms with Crippen molar-refractivity contribution >= 4 is 5.65 Å². The number of aromatic nitrogens is 5. The van der Waals surface area contributed by atoms with Crippen LogP contribution in [0.1, 0.15) is 5.56 Å². The fraction of sp³-hybridized carbons (Fsp3) is 0.0909. The van der Waals surface area contributed by atoms with Crippen LogP contribution in [0.4, 0.5) is 0 Å². The molecular weight excluding hydrogens is 234 g/mol. The normalized spacial score (nSPS) is 10.7. The number of hydrogen-bond acceptors (Lipinski definition) is 6. The van der Waals surface area contributed by atoms with Crippen molar-refractivity contribution in [2.45, 2.75) is 6.61 Å². The number of fused-ring (bicyclic) bond motifs is 1. The van der Waals surface area contributed by atoms with Gasteiger partial charge in [-0.2, -0.15) is 0 Å². The van der Waals surface area contributed by atoms with E-state index in [0.717, 1.165) is 0 Å². The molecule has 7 heteroatoms. The van der Waals surface area contributed by atoms with Gasteiger partial charge in [0.15, 0.2) is 5.65 Å². The summed E-state index contributed by atoms with van der Waals surface area (Å²) in [7, 11) is 0. The molecule has 1 N–H and O–H groups in total. The van der Waals surface area contributed by atoms with Crippen LogP contribution in [0.2, 0.25) is 0 Å². The van der Waals surface area contributed by atoms with E-state index in [1.165, 1.54) is 4.63 Å².